The van der Waals surface area contributed by atoms with Crippen molar-refractivity contribution in [1.82, 2.24) is 15.5 Å². The summed E-state index contributed by atoms with van der Waals surface area (Å²) >= 11 is 0. The Bertz CT molecular complexity index is 701. The van der Waals surface area contributed by atoms with Crippen LogP contribution < -0.4 is 15.5 Å². The highest BCUT2D eigenvalue weighted by atomic mass is 16.6. The number of aliphatic imine (C=N–C) groups is 1. The summed E-state index contributed by atoms with van der Waals surface area (Å²) < 4.78 is 5.36. The lowest BCUT2D eigenvalue weighted by Crippen LogP contribution is -2.45. The first-order valence-electron chi connectivity index (χ1n) is 10.6. The molecule has 7 heteroatoms. The third kappa shape index (κ3) is 6.27. The van der Waals surface area contributed by atoms with Crippen LogP contribution in [0.5, 0.6) is 0 Å². The van der Waals surface area contributed by atoms with Gasteiger partial charge in [-0.1, -0.05) is 18.2 Å². The van der Waals surface area contributed by atoms with E-state index in [9.17, 15) is 4.79 Å². The largest absolute Gasteiger partial charge is 0.444 e. The molecule has 0 saturated carbocycles. The Balaban J connectivity index is 1.42. The van der Waals surface area contributed by atoms with Crippen LogP contribution in [0.4, 0.5) is 10.5 Å². The van der Waals surface area contributed by atoms with Crippen molar-refractivity contribution in [2.24, 2.45) is 10.9 Å². The van der Waals surface area contributed by atoms with Gasteiger partial charge in [0, 0.05) is 45.5 Å². The number of alkyl carbamates (subject to hydrolysis) is 1. The lowest BCUT2D eigenvalue weighted by Gasteiger charge is -2.24. The number of nitrogens with zero attached hydrogens (tertiary/aromatic N) is 3. The molecule has 0 radical (unpaired) electrons. The molecule has 3 rings (SSSR count). The van der Waals surface area contributed by atoms with Crippen LogP contribution in [0.1, 0.15) is 33.6 Å². The average molecular weight is 402 g/mol. The molecule has 0 aliphatic carbocycles. The normalized spacial score (nSPS) is 22.7. The fourth-order valence-corrected chi connectivity index (χ4v) is 3.99. The molecule has 2 saturated heterocycles. The fraction of sp³-hybridized carbons (Fsp3) is 0.636. The van der Waals surface area contributed by atoms with E-state index in [1.54, 1.807) is 0 Å². The monoisotopic (exact) mass is 401 g/mol. The molecule has 2 aliphatic heterocycles. The second-order valence-electron chi connectivity index (χ2n) is 8.94. The minimum absolute atomic E-state index is 0.0865. The quantitative estimate of drug-likeness (QED) is 0.600. The van der Waals surface area contributed by atoms with E-state index in [0.29, 0.717) is 5.92 Å². The number of benzene rings is 1. The predicted octanol–water partition coefficient (Wildman–Crippen LogP) is 2.69. The van der Waals surface area contributed by atoms with E-state index in [1.165, 1.54) is 12.1 Å². The molecular weight excluding hydrogens is 366 g/mol. The molecule has 2 unspecified atom stereocenters. The Morgan fingerprint density at radius 1 is 1.17 bits per heavy atom. The molecule has 0 spiro atoms. The van der Waals surface area contributed by atoms with Crippen LogP contribution in [-0.2, 0) is 4.74 Å². The molecule has 0 bridgehead atoms. The number of hydrogen-bond donors (Lipinski definition) is 2. The van der Waals surface area contributed by atoms with Crippen molar-refractivity contribution >= 4 is 17.7 Å². The zero-order valence-corrected chi connectivity index (χ0v) is 18.1. The zero-order chi connectivity index (χ0) is 20.9. The van der Waals surface area contributed by atoms with Gasteiger partial charge in [-0.15, -0.1) is 0 Å². The minimum atomic E-state index is -0.477. The van der Waals surface area contributed by atoms with Crippen LogP contribution in [0.15, 0.2) is 35.3 Å². The standard InChI is InChI=1S/C22H35N5O2/c1-22(2,3)29-21(28)25-18-11-13-27(16-18)20(23-4)24-14-17-10-12-26(15-17)19-8-6-5-7-9-19/h5-9,17-18H,10-16H2,1-4H3,(H,23,24)(H,25,28). The number of rotatable bonds is 4. The molecule has 1 aromatic carbocycles. The Morgan fingerprint density at radius 2 is 1.93 bits per heavy atom. The molecule has 160 valence electrons. The van der Waals surface area contributed by atoms with Crippen LogP contribution in [0.3, 0.4) is 0 Å². The molecule has 7 nitrogen and oxygen atoms in total. The van der Waals surface area contributed by atoms with Crippen LogP contribution in [0, 0.1) is 5.92 Å². The van der Waals surface area contributed by atoms with Crippen molar-refractivity contribution in [3.8, 4) is 0 Å². The van der Waals surface area contributed by atoms with Crippen molar-refractivity contribution < 1.29 is 9.53 Å². The highest BCUT2D eigenvalue weighted by molar-refractivity contribution is 5.80. The van der Waals surface area contributed by atoms with Crippen LogP contribution in [0.2, 0.25) is 0 Å². The van der Waals surface area contributed by atoms with Crippen molar-refractivity contribution in [1.29, 1.82) is 0 Å². The number of carbonyl (C=O) groups is 1. The molecule has 2 N–H and O–H groups in total. The Kier molecular flexibility index (Phi) is 6.87. The van der Waals surface area contributed by atoms with Crippen molar-refractivity contribution in [2.45, 2.75) is 45.3 Å². The van der Waals surface area contributed by atoms with Gasteiger partial charge in [0.15, 0.2) is 5.96 Å². The second-order valence-corrected chi connectivity index (χ2v) is 8.94. The second kappa shape index (κ2) is 9.37. The van der Waals surface area contributed by atoms with Crippen LogP contribution in [0.25, 0.3) is 0 Å². The number of hydrogen-bond acceptors (Lipinski definition) is 4. The van der Waals surface area contributed by atoms with Gasteiger partial charge in [0.1, 0.15) is 5.60 Å². The first kappa shape index (κ1) is 21.3. The number of ether oxygens (including phenoxy) is 1. The average Bonchev–Trinajstić information content (AvgIpc) is 3.31. The maximum Gasteiger partial charge on any atom is 0.407 e. The summed E-state index contributed by atoms with van der Waals surface area (Å²) in [6.45, 7) is 10.3. The summed E-state index contributed by atoms with van der Waals surface area (Å²) in [5.41, 5.74) is 0.824. The number of anilines is 1. The van der Waals surface area contributed by atoms with Crippen molar-refractivity contribution in [3.05, 3.63) is 30.3 Å². The Hall–Kier alpha value is -2.44. The fourth-order valence-electron chi connectivity index (χ4n) is 3.99. The number of para-hydroxylation sites is 1. The SMILES string of the molecule is CN=C(NCC1CCN(c2ccccc2)C1)N1CCC(NC(=O)OC(C)(C)C)C1. The smallest absolute Gasteiger partial charge is 0.407 e. The van der Waals surface area contributed by atoms with Crippen LogP contribution in [-0.4, -0.2) is 68.4 Å². The van der Waals surface area contributed by atoms with E-state index in [0.717, 1.165) is 45.1 Å². The highest BCUT2D eigenvalue weighted by Crippen LogP contribution is 2.23. The number of likely N-dealkylation sites (tertiary alicyclic amines) is 1. The van der Waals surface area contributed by atoms with Gasteiger partial charge in [-0.2, -0.15) is 0 Å². The van der Waals surface area contributed by atoms with E-state index in [2.05, 4.69) is 55.8 Å². The molecule has 29 heavy (non-hydrogen) atoms. The Labute approximate surface area is 174 Å². The van der Waals surface area contributed by atoms with E-state index in [4.69, 9.17) is 4.74 Å². The van der Waals surface area contributed by atoms with Gasteiger partial charge in [-0.3, -0.25) is 4.99 Å². The van der Waals surface area contributed by atoms with Gasteiger partial charge in [-0.05, 0) is 51.7 Å². The van der Waals surface area contributed by atoms with Crippen molar-refractivity contribution in [2.75, 3.05) is 44.7 Å². The van der Waals surface area contributed by atoms with Gasteiger partial charge in [0.05, 0.1) is 6.04 Å². The van der Waals surface area contributed by atoms with Gasteiger partial charge in [0.2, 0.25) is 0 Å². The first-order valence-corrected chi connectivity index (χ1v) is 10.6. The van der Waals surface area contributed by atoms with Crippen molar-refractivity contribution in [3.63, 3.8) is 0 Å². The molecule has 0 aromatic heterocycles. The van der Waals surface area contributed by atoms with Gasteiger partial charge < -0.3 is 25.2 Å². The molecular formula is C22H35N5O2. The summed E-state index contributed by atoms with van der Waals surface area (Å²) in [5.74, 6) is 1.52. The van der Waals surface area contributed by atoms with E-state index in [-0.39, 0.29) is 12.1 Å². The summed E-state index contributed by atoms with van der Waals surface area (Å²) in [6, 6.07) is 10.7. The molecule has 2 atom stereocenters. The number of nitrogens with one attached hydrogen (secondary N) is 2. The van der Waals surface area contributed by atoms with E-state index < -0.39 is 5.60 Å². The topological polar surface area (TPSA) is 69.2 Å². The summed E-state index contributed by atoms with van der Waals surface area (Å²) in [5, 5.41) is 6.52. The first-order chi connectivity index (χ1) is 13.8. The predicted molar refractivity (Wildman–Crippen MR) is 117 cm³/mol. The third-order valence-corrected chi connectivity index (χ3v) is 5.38. The number of amides is 1. The van der Waals surface area contributed by atoms with Crippen LogP contribution >= 0.6 is 0 Å². The highest BCUT2D eigenvalue weighted by Gasteiger charge is 2.29. The maximum atomic E-state index is 12.0. The summed E-state index contributed by atoms with van der Waals surface area (Å²) in [6.07, 6.45) is 1.73. The molecule has 1 amide bonds. The molecule has 2 heterocycles. The van der Waals surface area contributed by atoms with E-state index in [1.807, 2.05) is 27.8 Å². The van der Waals surface area contributed by atoms with Gasteiger partial charge in [-0.25, -0.2) is 4.79 Å². The zero-order valence-electron chi connectivity index (χ0n) is 18.1. The molecule has 2 fully saturated rings. The number of guanidine groups is 1. The van der Waals surface area contributed by atoms with Gasteiger partial charge >= 0.3 is 6.09 Å². The molecule has 1 aromatic rings. The maximum absolute atomic E-state index is 12.0. The Morgan fingerprint density at radius 3 is 2.62 bits per heavy atom. The molecule has 2 aliphatic rings. The van der Waals surface area contributed by atoms with Gasteiger partial charge in [0.25, 0.3) is 0 Å². The summed E-state index contributed by atoms with van der Waals surface area (Å²) in [7, 11) is 1.82. The lowest BCUT2D eigenvalue weighted by atomic mass is 10.1. The third-order valence-electron chi connectivity index (χ3n) is 5.38. The van der Waals surface area contributed by atoms with E-state index >= 15 is 0 Å². The lowest BCUT2D eigenvalue weighted by molar-refractivity contribution is 0.0507. The minimum Gasteiger partial charge on any atom is -0.444 e. The number of carbonyl (C=O) groups excluding carboxylic acids is 1. The summed E-state index contributed by atoms with van der Waals surface area (Å²) in [4.78, 5) is 21.1.